The van der Waals surface area contributed by atoms with Crippen molar-refractivity contribution < 1.29 is 19.4 Å². The highest BCUT2D eigenvalue weighted by atomic mass is 16.5. The van der Waals surface area contributed by atoms with Gasteiger partial charge in [0.1, 0.15) is 11.5 Å². The molecule has 0 atom stereocenters. The third-order valence-electron chi connectivity index (χ3n) is 3.92. The molecular weight excluding hydrogens is 270 g/mol. The summed E-state index contributed by atoms with van der Waals surface area (Å²) < 4.78 is 10.9. The first-order chi connectivity index (χ1) is 10.1. The molecule has 1 aliphatic rings. The maximum absolute atomic E-state index is 11.0. The first kappa shape index (κ1) is 15.5. The van der Waals surface area contributed by atoms with Gasteiger partial charge in [0.25, 0.3) is 0 Å². The summed E-state index contributed by atoms with van der Waals surface area (Å²) in [7, 11) is 1.64. The number of nitrogens with one attached hydrogen (secondary N) is 1. The highest BCUT2D eigenvalue weighted by Gasteiger charge is 2.26. The average Bonchev–Trinajstić information content (AvgIpc) is 2.49. The van der Waals surface area contributed by atoms with E-state index in [4.69, 9.17) is 14.6 Å². The lowest BCUT2D eigenvalue weighted by molar-refractivity contribution is -0.142. The number of carboxylic acids is 1. The lowest BCUT2D eigenvalue weighted by atomic mass is 9.86. The molecular formula is C16H23NO4. The van der Waals surface area contributed by atoms with Crippen LogP contribution in [0.25, 0.3) is 0 Å². The quantitative estimate of drug-likeness (QED) is 0.843. The second kappa shape index (κ2) is 7.20. The minimum Gasteiger partial charge on any atom is -0.497 e. The van der Waals surface area contributed by atoms with E-state index < -0.39 is 5.97 Å². The number of methoxy groups -OCH3 is 1. The van der Waals surface area contributed by atoms with E-state index in [-0.39, 0.29) is 12.0 Å². The van der Waals surface area contributed by atoms with Crippen molar-refractivity contribution in [3.8, 4) is 11.5 Å². The molecule has 0 aromatic heterocycles. The normalized spacial score (nSPS) is 21.6. The van der Waals surface area contributed by atoms with Crippen molar-refractivity contribution in [1.29, 1.82) is 0 Å². The van der Waals surface area contributed by atoms with Gasteiger partial charge < -0.3 is 19.9 Å². The van der Waals surface area contributed by atoms with Crippen molar-refractivity contribution in [2.45, 2.75) is 38.6 Å². The predicted molar refractivity (Wildman–Crippen MR) is 81.2 cm³/mol. The van der Waals surface area contributed by atoms with Gasteiger partial charge in [-0.3, -0.25) is 4.79 Å². The number of benzene rings is 1. The molecule has 1 saturated carbocycles. The molecule has 2 N–H and O–H groups in total. The van der Waals surface area contributed by atoms with Crippen molar-refractivity contribution in [2.75, 3.05) is 19.0 Å². The van der Waals surface area contributed by atoms with E-state index in [0.29, 0.717) is 6.61 Å². The number of anilines is 1. The van der Waals surface area contributed by atoms with Crippen LogP contribution in [0.1, 0.15) is 32.6 Å². The van der Waals surface area contributed by atoms with Crippen LogP contribution < -0.4 is 14.8 Å². The Morgan fingerprint density at radius 1 is 1.33 bits per heavy atom. The first-order valence-corrected chi connectivity index (χ1v) is 7.44. The summed E-state index contributed by atoms with van der Waals surface area (Å²) in [5.41, 5.74) is 0.912. The molecule has 0 unspecified atom stereocenters. The zero-order chi connectivity index (χ0) is 15.2. The molecule has 0 bridgehead atoms. The Bertz CT molecular complexity index is 481. The second-order valence-corrected chi connectivity index (χ2v) is 5.33. The van der Waals surface area contributed by atoms with Crippen LogP contribution in [0.15, 0.2) is 18.2 Å². The van der Waals surface area contributed by atoms with Crippen LogP contribution in [0.2, 0.25) is 0 Å². The van der Waals surface area contributed by atoms with Gasteiger partial charge in [-0.25, -0.2) is 0 Å². The first-order valence-electron chi connectivity index (χ1n) is 7.44. The minimum absolute atomic E-state index is 0.195. The number of carboxylic acid groups (broad SMARTS) is 1. The summed E-state index contributed by atoms with van der Waals surface area (Å²) in [6.07, 6.45) is 3.17. The highest BCUT2D eigenvalue weighted by molar-refractivity contribution is 5.70. The van der Waals surface area contributed by atoms with E-state index in [9.17, 15) is 4.79 Å². The van der Waals surface area contributed by atoms with Gasteiger partial charge in [0.2, 0.25) is 0 Å². The molecule has 1 aromatic carbocycles. The van der Waals surface area contributed by atoms with Gasteiger partial charge in [-0.05, 0) is 44.7 Å². The topological polar surface area (TPSA) is 67.8 Å². The number of rotatable bonds is 6. The zero-order valence-corrected chi connectivity index (χ0v) is 12.6. The van der Waals surface area contributed by atoms with Gasteiger partial charge in [-0.2, -0.15) is 0 Å². The average molecular weight is 293 g/mol. The summed E-state index contributed by atoms with van der Waals surface area (Å²) in [6.45, 7) is 2.55. The van der Waals surface area contributed by atoms with Crippen molar-refractivity contribution in [2.24, 2.45) is 5.92 Å². The number of ether oxygens (including phenoxy) is 2. The fraction of sp³-hybridized carbons (Fsp3) is 0.562. The minimum atomic E-state index is -0.676. The third kappa shape index (κ3) is 4.03. The molecule has 0 saturated heterocycles. The van der Waals surface area contributed by atoms with Gasteiger partial charge in [0.05, 0.1) is 25.3 Å². The molecule has 1 aliphatic carbocycles. The van der Waals surface area contributed by atoms with Crippen LogP contribution in [0.5, 0.6) is 11.5 Å². The molecule has 1 fully saturated rings. The summed E-state index contributed by atoms with van der Waals surface area (Å²) in [4.78, 5) is 11.0. The standard InChI is InChI=1S/C16H23NO4/c1-3-21-15-9-8-13(20-2)10-14(15)17-12-6-4-11(5-7-12)16(18)19/h8-12,17H,3-7H2,1-2H3,(H,18,19). The SMILES string of the molecule is CCOc1ccc(OC)cc1NC1CCC(C(=O)O)CC1. The third-order valence-corrected chi connectivity index (χ3v) is 3.92. The Hall–Kier alpha value is -1.91. The molecule has 0 heterocycles. The summed E-state index contributed by atoms with van der Waals surface area (Å²) in [5.74, 6) is 0.711. The lowest BCUT2D eigenvalue weighted by Crippen LogP contribution is -2.29. The van der Waals surface area contributed by atoms with Crippen LogP contribution in [-0.2, 0) is 4.79 Å². The summed E-state index contributed by atoms with van der Waals surface area (Å²) in [5, 5.41) is 12.5. The van der Waals surface area contributed by atoms with Gasteiger partial charge in [-0.15, -0.1) is 0 Å². The number of carbonyl (C=O) groups is 1. The molecule has 0 aliphatic heterocycles. The number of aliphatic carboxylic acids is 1. The van der Waals surface area contributed by atoms with Crippen LogP contribution >= 0.6 is 0 Å². The molecule has 5 heteroatoms. The molecule has 0 radical (unpaired) electrons. The van der Waals surface area contributed by atoms with Crippen LogP contribution in [0, 0.1) is 5.92 Å². The Balaban J connectivity index is 2.03. The van der Waals surface area contributed by atoms with Gasteiger partial charge in [0.15, 0.2) is 0 Å². The van der Waals surface area contributed by atoms with E-state index in [1.54, 1.807) is 7.11 Å². The Morgan fingerprint density at radius 3 is 2.62 bits per heavy atom. The fourth-order valence-corrected chi connectivity index (χ4v) is 2.73. The van der Waals surface area contributed by atoms with Gasteiger partial charge in [0, 0.05) is 12.1 Å². The number of hydrogen-bond donors (Lipinski definition) is 2. The van der Waals surface area contributed by atoms with E-state index in [0.717, 1.165) is 42.9 Å². The van der Waals surface area contributed by atoms with Crippen molar-refractivity contribution >= 4 is 11.7 Å². The van der Waals surface area contributed by atoms with Crippen molar-refractivity contribution in [3.05, 3.63) is 18.2 Å². The van der Waals surface area contributed by atoms with Crippen molar-refractivity contribution in [1.82, 2.24) is 0 Å². The summed E-state index contributed by atoms with van der Waals surface area (Å²) in [6, 6.07) is 5.98. The Kier molecular flexibility index (Phi) is 5.31. The Labute approximate surface area is 125 Å². The Morgan fingerprint density at radius 2 is 2.05 bits per heavy atom. The van der Waals surface area contributed by atoms with Crippen LogP contribution in [0.4, 0.5) is 5.69 Å². The van der Waals surface area contributed by atoms with Gasteiger partial charge >= 0.3 is 5.97 Å². The molecule has 5 nitrogen and oxygen atoms in total. The highest BCUT2D eigenvalue weighted by Crippen LogP contribution is 2.33. The molecule has 1 aromatic rings. The van der Waals surface area contributed by atoms with Gasteiger partial charge in [-0.1, -0.05) is 0 Å². The zero-order valence-electron chi connectivity index (χ0n) is 12.6. The van der Waals surface area contributed by atoms with Crippen LogP contribution in [-0.4, -0.2) is 30.8 Å². The maximum Gasteiger partial charge on any atom is 0.306 e. The lowest BCUT2D eigenvalue weighted by Gasteiger charge is -2.28. The molecule has 21 heavy (non-hydrogen) atoms. The summed E-state index contributed by atoms with van der Waals surface area (Å²) >= 11 is 0. The maximum atomic E-state index is 11.0. The van der Waals surface area contributed by atoms with E-state index in [1.165, 1.54) is 0 Å². The fourth-order valence-electron chi connectivity index (χ4n) is 2.73. The number of hydrogen-bond acceptors (Lipinski definition) is 4. The van der Waals surface area contributed by atoms with Crippen LogP contribution in [0.3, 0.4) is 0 Å². The molecule has 116 valence electrons. The van der Waals surface area contributed by atoms with E-state index >= 15 is 0 Å². The van der Waals surface area contributed by atoms with E-state index in [1.807, 2.05) is 25.1 Å². The molecule has 0 spiro atoms. The second-order valence-electron chi connectivity index (χ2n) is 5.33. The van der Waals surface area contributed by atoms with E-state index in [2.05, 4.69) is 5.32 Å². The molecule has 2 rings (SSSR count). The van der Waals surface area contributed by atoms with Crippen molar-refractivity contribution in [3.63, 3.8) is 0 Å². The predicted octanol–water partition coefficient (Wildman–Crippen LogP) is 3.15. The monoisotopic (exact) mass is 293 g/mol. The molecule has 0 amide bonds. The largest absolute Gasteiger partial charge is 0.497 e. The smallest absolute Gasteiger partial charge is 0.306 e.